The van der Waals surface area contributed by atoms with Crippen LogP contribution >= 0.6 is 11.3 Å². The number of rotatable bonds is 2. The van der Waals surface area contributed by atoms with Crippen molar-refractivity contribution in [2.75, 3.05) is 0 Å². The lowest BCUT2D eigenvalue weighted by molar-refractivity contribution is 1.15. The molecule has 0 spiro atoms. The van der Waals surface area contributed by atoms with Gasteiger partial charge in [-0.05, 0) is 66.7 Å². The number of hydrogen-bond acceptors (Lipinski definition) is 3. The maximum absolute atomic E-state index is 9.75. The van der Waals surface area contributed by atoms with E-state index in [2.05, 4.69) is 118 Å². The highest BCUT2D eigenvalue weighted by Crippen LogP contribution is 2.44. The maximum atomic E-state index is 9.75. The van der Waals surface area contributed by atoms with Gasteiger partial charge in [0.1, 0.15) is 0 Å². The second-order valence-electron chi connectivity index (χ2n) is 10.8. The van der Waals surface area contributed by atoms with E-state index >= 15 is 0 Å². The Morgan fingerprint density at radius 2 is 1.00 bits per heavy atom. The van der Waals surface area contributed by atoms with Gasteiger partial charge in [-0.2, -0.15) is 10.5 Å². The number of fused-ring (bicyclic) bond motifs is 9. The SMILES string of the molecule is N#Cc1ccc2sc3c(-n4c5ccccc5c5cc(C#N)ccc54)cc(-n4c5ccccc5c5ccccc54)cc3c2c1. The number of benzene rings is 6. The van der Waals surface area contributed by atoms with Crippen LogP contribution in [0.5, 0.6) is 0 Å². The van der Waals surface area contributed by atoms with Gasteiger partial charge in [0.25, 0.3) is 0 Å². The van der Waals surface area contributed by atoms with Crippen molar-refractivity contribution in [3.05, 3.63) is 132 Å². The molecule has 4 nitrogen and oxygen atoms in total. The highest BCUT2D eigenvalue weighted by Gasteiger charge is 2.20. The number of thiophene rings is 1. The van der Waals surface area contributed by atoms with Crippen LogP contribution in [-0.2, 0) is 0 Å². The van der Waals surface area contributed by atoms with Gasteiger partial charge in [0.2, 0.25) is 0 Å². The molecule has 0 bridgehead atoms. The van der Waals surface area contributed by atoms with E-state index in [1.807, 2.05) is 24.3 Å². The fourth-order valence-corrected chi connectivity index (χ4v) is 7.88. The first-order valence-corrected chi connectivity index (χ1v) is 14.9. The monoisotopic (exact) mass is 564 g/mol. The van der Waals surface area contributed by atoms with Crippen molar-refractivity contribution in [1.29, 1.82) is 10.5 Å². The Bertz CT molecular complexity index is 2650. The summed E-state index contributed by atoms with van der Waals surface area (Å²) in [6.45, 7) is 0. The molecule has 9 rings (SSSR count). The molecular weight excluding hydrogens is 545 g/mol. The summed E-state index contributed by atoms with van der Waals surface area (Å²) in [7, 11) is 0. The van der Waals surface area contributed by atoms with Crippen LogP contribution < -0.4 is 0 Å². The van der Waals surface area contributed by atoms with Crippen LogP contribution in [0.4, 0.5) is 0 Å². The van der Waals surface area contributed by atoms with Crippen molar-refractivity contribution in [2.24, 2.45) is 0 Å². The quantitative estimate of drug-likeness (QED) is 0.210. The first-order chi connectivity index (χ1) is 21.2. The van der Waals surface area contributed by atoms with Crippen molar-refractivity contribution >= 4 is 75.1 Å². The molecule has 3 heterocycles. The van der Waals surface area contributed by atoms with E-state index in [0.29, 0.717) is 11.1 Å². The molecule has 3 aromatic heterocycles. The van der Waals surface area contributed by atoms with Gasteiger partial charge in [-0.3, -0.25) is 0 Å². The van der Waals surface area contributed by atoms with Crippen molar-refractivity contribution in [2.45, 2.75) is 0 Å². The fourth-order valence-electron chi connectivity index (χ4n) is 6.71. The summed E-state index contributed by atoms with van der Waals surface area (Å²) in [4.78, 5) is 0. The fraction of sp³-hybridized carbons (Fsp3) is 0. The molecule has 0 saturated carbocycles. The zero-order valence-corrected chi connectivity index (χ0v) is 23.6. The summed E-state index contributed by atoms with van der Waals surface area (Å²) in [6.07, 6.45) is 0. The summed E-state index contributed by atoms with van der Waals surface area (Å²) in [5, 5.41) is 26.2. The van der Waals surface area contributed by atoms with Crippen LogP contribution in [0, 0.1) is 22.7 Å². The smallest absolute Gasteiger partial charge is 0.0991 e. The van der Waals surface area contributed by atoms with E-state index < -0.39 is 0 Å². The second kappa shape index (κ2) is 8.81. The molecule has 0 aliphatic rings. The summed E-state index contributed by atoms with van der Waals surface area (Å²) < 4.78 is 6.99. The molecule has 0 unspecified atom stereocenters. The molecule has 6 aromatic carbocycles. The van der Waals surface area contributed by atoms with Gasteiger partial charge in [0, 0.05) is 42.7 Å². The molecule has 0 atom stereocenters. The van der Waals surface area contributed by atoms with E-state index in [1.165, 1.54) is 10.8 Å². The number of aromatic nitrogens is 2. The number of para-hydroxylation sites is 3. The predicted molar refractivity (Wildman–Crippen MR) is 177 cm³/mol. The van der Waals surface area contributed by atoms with Gasteiger partial charge >= 0.3 is 0 Å². The largest absolute Gasteiger partial charge is 0.309 e. The Morgan fingerprint density at radius 3 is 1.65 bits per heavy atom. The lowest BCUT2D eigenvalue weighted by Crippen LogP contribution is -1.99. The Morgan fingerprint density at radius 1 is 0.465 bits per heavy atom. The zero-order chi connectivity index (χ0) is 28.7. The van der Waals surface area contributed by atoms with Crippen molar-refractivity contribution in [3.63, 3.8) is 0 Å². The van der Waals surface area contributed by atoms with Gasteiger partial charge < -0.3 is 9.13 Å². The standard InChI is InChI=1S/C38H20N4S/c39-21-23-13-15-35-29(17-23)28-9-3-6-12-34(28)42(35)36-20-25(19-31-30-18-24(22-40)14-16-37(30)43-38(31)36)41-32-10-4-1-7-26(32)27-8-2-5-11-33(27)41/h1-20H. The molecule has 5 heteroatoms. The third-order valence-corrected chi connectivity index (χ3v) is 9.75. The number of nitrogens with zero attached hydrogens (tertiary/aromatic N) is 4. The molecule has 0 amide bonds. The highest BCUT2D eigenvalue weighted by molar-refractivity contribution is 7.26. The highest BCUT2D eigenvalue weighted by atomic mass is 32.1. The van der Waals surface area contributed by atoms with Crippen LogP contribution in [0.3, 0.4) is 0 Å². The summed E-state index contributed by atoms with van der Waals surface area (Å²) >= 11 is 1.75. The normalized spacial score (nSPS) is 11.7. The molecule has 43 heavy (non-hydrogen) atoms. The van der Waals surface area contributed by atoms with E-state index in [0.717, 1.165) is 64.4 Å². The van der Waals surface area contributed by atoms with Crippen LogP contribution in [0.25, 0.3) is 75.2 Å². The molecule has 0 fully saturated rings. The van der Waals surface area contributed by atoms with Gasteiger partial charge in [-0.25, -0.2) is 0 Å². The van der Waals surface area contributed by atoms with Crippen molar-refractivity contribution in [1.82, 2.24) is 9.13 Å². The first kappa shape index (κ1) is 23.8. The molecule has 0 radical (unpaired) electrons. The Labute approximate surface area is 250 Å². The van der Waals surface area contributed by atoms with Crippen LogP contribution in [0.1, 0.15) is 11.1 Å². The van der Waals surface area contributed by atoms with Gasteiger partial charge in [-0.1, -0.05) is 54.6 Å². The average Bonchev–Trinajstić information content (AvgIpc) is 3.71. The Balaban J connectivity index is 1.49. The van der Waals surface area contributed by atoms with Gasteiger partial charge in [0.05, 0.1) is 55.7 Å². The zero-order valence-electron chi connectivity index (χ0n) is 22.7. The Kier molecular flexibility index (Phi) is 4.87. The molecular formula is C38H20N4S. The molecule has 9 aromatic rings. The molecule has 0 aliphatic carbocycles. The van der Waals surface area contributed by atoms with Gasteiger partial charge in [0.15, 0.2) is 0 Å². The van der Waals surface area contributed by atoms with Gasteiger partial charge in [-0.15, -0.1) is 11.3 Å². The van der Waals surface area contributed by atoms with Crippen LogP contribution in [0.15, 0.2) is 121 Å². The number of hydrogen-bond donors (Lipinski definition) is 0. The minimum absolute atomic E-state index is 0.644. The maximum Gasteiger partial charge on any atom is 0.0991 e. The Hall–Kier alpha value is -5.88. The summed E-state index contributed by atoms with van der Waals surface area (Å²) in [6, 6.07) is 46.7. The third kappa shape index (κ3) is 3.29. The molecule has 0 saturated heterocycles. The average molecular weight is 565 g/mol. The number of nitriles is 2. The van der Waals surface area contributed by atoms with E-state index in [1.54, 1.807) is 11.3 Å². The molecule has 198 valence electrons. The van der Waals surface area contributed by atoms with E-state index in [-0.39, 0.29) is 0 Å². The van der Waals surface area contributed by atoms with Crippen molar-refractivity contribution < 1.29 is 0 Å². The molecule has 0 aliphatic heterocycles. The van der Waals surface area contributed by atoms with Crippen molar-refractivity contribution in [3.8, 4) is 23.5 Å². The first-order valence-electron chi connectivity index (χ1n) is 14.1. The lowest BCUT2D eigenvalue weighted by atomic mass is 10.1. The minimum atomic E-state index is 0.644. The minimum Gasteiger partial charge on any atom is -0.309 e. The summed E-state index contributed by atoms with van der Waals surface area (Å²) in [5.74, 6) is 0. The second-order valence-corrected chi connectivity index (χ2v) is 11.9. The topological polar surface area (TPSA) is 57.4 Å². The summed E-state index contributed by atoms with van der Waals surface area (Å²) in [5.41, 5.74) is 7.85. The lowest BCUT2D eigenvalue weighted by Gasteiger charge is -2.14. The van der Waals surface area contributed by atoms with E-state index in [9.17, 15) is 10.5 Å². The van der Waals surface area contributed by atoms with Crippen LogP contribution in [0.2, 0.25) is 0 Å². The molecule has 0 N–H and O–H groups in total. The van der Waals surface area contributed by atoms with Crippen LogP contribution in [-0.4, -0.2) is 9.13 Å². The third-order valence-electron chi connectivity index (χ3n) is 8.55. The van der Waals surface area contributed by atoms with E-state index in [4.69, 9.17) is 0 Å². The predicted octanol–water partition coefficient (Wildman–Crippen LogP) is 9.99.